The molecular weight excluding hydrogens is 356 g/mol. The fourth-order valence-corrected chi connectivity index (χ4v) is 3.08. The van der Waals surface area contributed by atoms with Crippen molar-refractivity contribution in [2.45, 2.75) is 16.8 Å². The van der Waals surface area contributed by atoms with E-state index in [0.717, 1.165) is 11.1 Å². The first kappa shape index (κ1) is 15.9. The number of alkyl halides is 1. The number of rotatable bonds is 6. The molecule has 0 atom stereocenters. The first-order valence-electron chi connectivity index (χ1n) is 6.18. The summed E-state index contributed by atoms with van der Waals surface area (Å²) in [5.41, 5.74) is 1.80. The molecule has 1 aromatic carbocycles. The lowest BCUT2D eigenvalue weighted by molar-refractivity contribution is 0.397. The van der Waals surface area contributed by atoms with Crippen LogP contribution in [0.2, 0.25) is 0 Å². The topological polar surface area (TPSA) is 68.3 Å². The van der Waals surface area contributed by atoms with Gasteiger partial charge in [-0.05, 0) is 29.3 Å². The molecule has 0 spiro atoms. The molecule has 0 fully saturated rings. The molecular formula is C14H15BrN2O3S. The van der Waals surface area contributed by atoms with Crippen molar-refractivity contribution in [1.29, 1.82) is 0 Å². The zero-order chi connectivity index (χ0) is 15.3. The smallest absolute Gasteiger partial charge is 0.240 e. The standard InChI is InChI=1S/C14H15BrN2O3S/c1-20-14-8-12(6-7-16-14)10-17-21(18,19)13-4-2-11(9-15)3-5-13/h2-8,17H,9-10H2,1H3. The van der Waals surface area contributed by atoms with Crippen molar-refractivity contribution in [3.8, 4) is 5.88 Å². The van der Waals surface area contributed by atoms with Gasteiger partial charge in [-0.2, -0.15) is 0 Å². The predicted octanol–water partition coefficient (Wildman–Crippen LogP) is 2.46. The normalized spacial score (nSPS) is 11.3. The van der Waals surface area contributed by atoms with Crippen LogP contribution < -0.4 is 9.46 Å². The van der Waals surface area contributed by atoms with Crippen molar-refractivity contribution in [2.24, 2.45) is 0 Å². The first-order chi connectivity index (χ1) is 10.0. The quantitative estimate of drug-likeness (QED) is 0.793. The summed E-state index contributed by atoms with van der Waals surface area (Å²) in [6.07, 6.45) is 1.58. The van der Waals surface area contributed by atoms with Crippen molar-refractivity contribution in [3.63, 3.8) is 0 Å². The molecule has 0 radical (unpaired) electrons. The van der Waals surface area contributed by atoms with E-state index in [2.05, 4.69) is 25.6 Å². The Morgan fingerprint density at radius 2 is 1.90 bits per heavy atom. The maximum Gasteiger partial charge on any atom is 0.240 e. The molecule has 2 aromatic rings. The van der Waals surface area contributed by atoms with Gasteiger partial charge in [0, 0.05) is 24.1 Å². The van der Waals surface area contributed by atoms with Gasteiger partial charge in [0.1, 0.15) is 0 Å². The average Bonchev–Trinajstić information content (AvgIpc) is 2.53. The van der Waals surface area contributed by atoms with E-state index in [1.165, 1.54) is 7.11 Å². The minimum Gasteiger partial charge on any atom is -0.481 e. The highest BCUT2D eigenvalue weighted by Crippen LogP contribution is 2.14. The predicted molar refractivity (Wildman–Crippen MR) is 83.9 cm³/mol. The molecule has 0 aliphatic heterocycles. The largest absolute Gasteiger partial charge is 0.481 e. The van der Waals surface area contributed by atoms with E-state index in [-0.39, 0.29) is 11.4 Å². The van der Waals surface area contributed by atoms with Gasteiger partial charge in [0.25, 0.3) is 0 Å². The van der Waals surface area contributed by atoms with E-state index in [4.69, 9.17) is 4.74 Å². The Morgan fingerprint density at radius 1 is 1.19 bits per heavy atom. The second-order valence-corrected chi connectivity index (χ2v) is 6.64. The number of hydrogen-bond donors (Lipinski definition) is 1. The highest BCUT2D eigenvalue weighted by molar-refractivity contribution is 9.08. The highest BCUT2D eigenvalue weighted by atomic mass is 79.9. The maximum absolute atomic E-state index is 12.2. The van der Waals surface area contributed by atoms with Gasteiger partial charge < -0.3 is 4.74 Å². The third-order valence-corrected chi connectivity index (χ3v) is 4.93. The molecule has 1 aromatic heterocycles. The number of benzene rings is 1. The monoisotopic (exact) mass is 370 g/mol. The van der Waals surface area contributed by atoms with Crippen molar-refractivity contribution in [2.75, 3.05) is 7.11 Å². The summed E-state index contributed by atoms with van der Waals surface area (Å²) in [5, 5.41) is 0.692. The summed E-state index contributed by atoms with van der Waals surface area (Å²) >= 11 is 3.32. The molecule has 0 aliphatic rings. The molecule has 0 aliphatic carbocycles. The van der Waals surface area contributed by atoms with Crippen molar-refractivity contribution >= 4 is 26.0 Å². The summed E-state index contributed by atoms with van der Waals surface area (Å²) in [4.78, 5) is 4.22. The minimum absolute atomic E-state index is 0.182. The number of sulfonamides is 1. The molecule has 0 saturated heterocycles. The average molecular weight is 371 g/mol. The third kappa shape index (κ3) is 4.26. The summed E-state index contributed by atoms with van der Waals surface area (Å²) in [7, 11) is -2.01. The Bertz CT molecular complexity index is 702. The minimum atomic E-state index is -3.53. The number of halogens is 1. The van der Waals surface area contributed by atoms with Crippen LogP contribution in [0, 0.1) is 0 Å². The van der Waals surface area contributed by atoms with Crippen LogP contribution in [0.5, 0.6) is 5.88 Å². The Labute approximate surface area is 132 Å². The third-order valence-electron chi connectivity index (χ3n) is 2.86. The molecule has 21 heavy (non-hydrogen) atoms. The van der Waals surface area contributed by atoms with Gasteiger partial charge >= 0.3 is 0 Å². The zero-order valence-electron chi connectivity index (χ0n) is 11.4. The van der Waals surface area contributed by atoms with E-state index in [0.29, 0.717) is 11.2 Å². The number of hydrogen-bond acceptors (Lipinski definition) is 4. The van der Waals surface area contributed by atoms with E-state index in [9.17, 15) is 8.42 Å². The first-order valence-corrected chi connectivity index (χ1v) is 8.79. The summed E-state index contributed by atoms with van der Waals surface area (Å²) in [6.45, 7) is 0.182. The number of methoxy groups -OCH3 is 1. The highest BCUT2D eigenvalue weighted by Gasteiger charge is 2.13. The van der Waals surface area contributed by atoms with Crippen molar-refractivity contribution in [1.82, 2.24) is 9.71 Å². The van der Waals surface area contributed by atoms with Gasteiger partial charge in [0.2, 0.25) is 15.9 Å². The lowest BCUT2D eigenvalue weighted by atomic mass is 10.2. The van der Waals surface area contributed by atoms with Crippen LogP contribution in [0.3, 0.4) is 0 Å². The number of nitrogens with zero attached hydrogens (tertiary/aromatic N) is 1. The summed E-state index contributed by atoms with van der Waals surface area (Å²) in [6, 6.07) is 10.2. The Balaban J connectivity index is 2.09. The van der Waals surface area contributed by atoms with E-state index in [1.807, 2.05) is 0 Å². The lowest BCUT2D eigenvalue weighted by Gasteiger charge is -2.08. The maximum atomic E-state index is 12.2. The van der Waals surface area contributed by atoms with Gasteiger partial charge in [-0.25, -0.2) is 18.1 Å². The van der Waals surface area contributed by atoms with Crippen LogP contribution in [0.4, 0.5) is 0 Å². The number of aromatic nitrogens is 1. The molecule has 0 bridgehead atoms. The van der Waals surface area contributed by atoms with Crippen molar-refractivity contribution < 1.29 is 13.2 Å². The van der Waals surface area contributed by atoms with Crippen LogP contribution in [0.25, 0.3) is 0 Å². The van der Waals surface area contributed by atoms with Crippen LogP contribution in [0.1, 0.15) is 11.1 Å². The second-order valence-electron chi connectivity index (χ2n) is 4.31. The van der Waals surface area contributed by atoms with E-state index < -0.39 is 10.0 Å². The molecule has 1 heterocycles. The molecule has 7 heteroatoms. The Kier molecular flexibility index (Phi) is 5.33. The lowest BCUT2D eigenvalue weighted by Crippen LogP contribution is -2.23. The van der Waals surface area contributed by atoms with Gasteiger partial charge in [-0.1, -0.05) is 28.1 Å². The van der Waals surface area contributed by atoms with Gasteiger partial charge in [-0.15, -0.1) is 0 Å². The van der Waals surface area contributed by atoms with Crippen LogP contribution in [-0.4, -0.2) is 20.5 Å². The molecule has 1 N–H and O–H groups in total. The van der Waals surface area contributed by atoms with E-state index in [1.54, 1.807) is 42.6 Å². The molecule has 0 unspecified atom stereocenters. The fourth-order valence-electron chi connectivity index (χ4n) is 1.69. The second kappa shape index (κ2) is 7.02. The number of nitrogens with one attached hydrogen (secondary N) is 1. The van der Waals surface area contributed by atoms with Gasteiger partial charge in [0.05, 0.1) is 12.0 Å². The fraction of sp³-hybridized carbons (Fsp3) is 0.214. The van der Waals surface area contributed by atoms with Gasteiger partial charge in [0.15, 0.2) is 0 Å². The van der Waals surface area contributed by atoms with Crippen molar-refractivity contribution in [3.05, 3.63) is 53.7 Å². The number of pyridine rings is 1. The SMILES string of the molecule is COc1cc(CNS(=O)(=O)c2ccc(CBr)cc2)ccn1. The summed E-state index contributed by atoms with van der Waals surface area (Å²) < 4.78 is 31.9. The van der Waals surface area contributed by atoms with Crippen LogP contribution in [-0.2, 0) is 21.9 Å². The van der Waals surface area contributed by atoms with Crippen LogP contribution in [0.15, 0.2) is 47.5 Å². The molecule has 112 valence electrons. The Hall–Kier alpha value is -1.44. The Morgan fingerprint density at radius 3 is 2.52 bits per heavy atom. The molecule has 0 amide bonds. The summed E-state index contributed by atoms with van der Waals surface area (Å²) in [5.74, 6) is 0.452. The molecule has 5 nitrogen and oxygen atoms in total. The van der Waals surface area contributed by atoms with Crippen LogP contribution >= 0.6 is 15.9 Å². The van der Waals surface area contributed by atoms with Gasteiger partial charge in [-0.3, -0.25) is 0 Å². The molecule has 2 rings (SSSR count). The molecule has 0 saturated carbocycles. The van der Waals surface area contributed by atoms with E-state index >= 15 is 0 Å². The number of ether oxygens (including phenoxy) is 1. The zero-order valence-corrected chi connectivity index (χ0v) is 13.8.